The highest BCUT2D eigenvalue weighted by atomic mass is 79.9. The zero-order valence-electron chi connectivity index (χ0n) is 12.3. The molecule has 9 heteroatoms. The zero-order chi connectivity index (χ0) is 16.6. The molecule has 0 atom stereocenters. The molecule has 0 saturated carbocycles. The number of halogens is 2. The molecule has 0 spiro atoms. The Labute approximate surface area is 146 Å². The van der Waals surface area contributed by atoms with Gasteiger partial charge in [0, 0.05) is 18.6 Å². The Hall–Kier alpha value is -1.56. The van der Waals surface area contributed by atoms with Gasteiger partial charge in [0.1, 0.15) is 18.5 Å². The molecule has 0 aliphatic heterocycles. The van der Waals surface area contributed by atoms with Crippen LogP contribution in [0.2, 0.25) is 5.28 Å². The monoisotopic (exact) mass is 411 g/mol. The van der Waals surface area contributed by atoms with Crippen molar-refractivity contribution < 1.29 is 4.57 Å². The highest BCUT2D eigenvalue weighted by molar-refractivity contribution is 9.10. The summed E-state index contributed by atoms with van der Waals surface area (Å²) in [6.07, 6.45) is 4.74. The normalized spacial score (nSPS) is 11.7. The number of nitrogens with one attached hydrogen (secondary N) is 1. The van der Waals surface area contributed by atoms with Gasteiger partial charge < -0.3 is 9.88 Å². The fraction of sp³-hybridized carbons (Fsp3) is 0.143. The summed E-state index contributed by atoms with van der Waals surface area (Å²) in [4.78, 5) is 16.6. The molecular weight excluding hydrogens is 401 g/mol. The van der Waals surface area contributed by atoms with Crippen LogP contribution in [0.5, 0.6) is 0 Å². The summed E-state index contributed by atoms with van der Waals surface area (Å²) in [6, 6.07) is 3.63. The van der Waals surface area contributed by atoms with Crippen LogP contribution in [-0.4, -0.2) is 33.3 Å². The zero-order valence-corrected chi connectivity index (χ0v) is 15.5. The Bertz CT molecular complexity index is 946. The van der Waals surface area contributed by atoms with Crippen LogP contribution in [0.4, 0.5) is 11.5 Å². The van der Waals surface area contributed by atoms with E-state index in [0.29, 0.717) is 32.3 Å². The van der Waals surface area contributed by atoms with Gasteiger partial charge in [-0.3, -0.25) is 9.97 Å². The molecule has 2 aromatic heterocycles. The van der Waals surface area contributed by atoms with Crippen molar-refractivity contribution in [2.24, 2.45) is 0 Å². The third kappa shape index (κ3) is 3.37. The predicted octanol–water partition coefficient (Wildman–Crippen LogP) is 3.83. The number of anilines is 2. The molecule has 0 bridgehead atoms. The summed E-state index contributed by atoms with van der Waals surface area (Å²) in [6.45, 7) is 3.40. The fourth-order valence-corrected chi connectivity index (χ4v) is 4.05. The lowest BCUT2D eigenvalue weighted by atomic mass is 10.2. The first-order valence-corrected chi connectivity index (χ1v) is 10.4. The molecule has 0 aliphatic carbocycles. The summed E-state index contributed by atoms with van der Waals surface area (Å²) in [5.74, 6) is 0.489. The van der Waals surface area contributed by atoms with Crippen LogP contribution in [0.25, 0.3) is 11.0 Å². The average Bonchev–Trinajstić information content (AvgIpc) is 2.49. The standard InChI is InChI=1S/C14H12BrClN5OP/c1-23(2,22)12-10(4-3-9-11(12)18-6-5-17-9)20-13-8(15)7-19-14(16)21-13/h3-7H,1-2H3,(H,19,20,21). The third-order valence-electron chi connectivity index (χ3n) is 3.12. The number of fused-ring (bicyclic) bond motifs is 1. The Morgan fingerprint density at radius 3 is 2.65 bits per heavy atom. The Morgan fingerprint density at radius 1 is 1.17 bits per heavy atom. The molecule has 0 saturated heterocycles. The van der Waals surface area contributed by atoms with Gasteiger partial charge >= 0.3 is 0 Å². The largest absolute Gasteiger partial charge is 0.338 e. The Morgan fingerprint density at radius 2 is 1.91 bits per heavy atom. The molecule has 1 aromatic carbocycles. The van der Waals surface area contributed by atoms with Crippen molar-refractivity contribution >= 4 is 62.5 Å². The molecule has 0 amide bonds. The molecule has 118 valence electrons. The second-order valence-electron chi connectivity index (χ2n) is 5.20. The summed E-state index contributed by atoms with van der Waals surface area (Å²) in [5, 5.41) is 3.91. The maximum absolute atomic E-state index is 12.8. The van der Waals surface area contributed by atoms with E-state index >= 15 is 0 Å². The molecule has 0 unspecified atom stereocenters. The van der Waals surface area contributed by atoms with Crippen molar-refractivity contribution in [2.75, 3.05) is 18.6 Å². The van der Waals surface area contributed by atoms with Crippen LogP contribution < -0.4 is 10.6 Å². The van der Waals surface area contributed by atoms with Crippen LogP contribution >= 0.6 is 34.7 Å². The van der Waals surface area contributed by atoms with Crippen LogP contribution in [0.15, 0.2) is 35.2 Å². The lowest BCUT2D eigenvalue weighted by Crippen LogP contribution is -2.13. The molecule has 23 heavy (non-hydrogen) atoms. The van der Waals surface area contributed by atoms with E-state index in [9.17, 15) is 4.57 Å². The van der Waals surface area contributed by atoms with Gasteiger partial charge in [0.25, 0.3) is 0 Å². The van der Waals surface area contributed by atoms with E-state index in [4.69, 9.17) is 11.6 Å². The van der Waals surface area contributed by atoms with Gasteiger partial charge in [-0.05, 0) is 53.0 Å². The van der Waals surface area contributed by atoms with Gasteiger partial charge in [-0.1, -0.05) is 0 Å². The van der Waals surface area contributed by atoms with Crippen molar-refractivity contribution in [3.8, 4) is 0 Å². The summed E-state index contributed by atoms with van der Waals surface area (Å²) in [7, 11) is -2.62. The van der Waals surface area contributed by atoms with E-state index in [0.717, 1.165) is 0 Å². The highest BCUT2D eigenvalue weighted by Crippen LogP contribution is 2.41. The van der Waals surface area contributed by atoms with Crippen molar-refractivity contribution in [3.05, 3.63) is 40.5 Å². The van der Waals surface area contributed by atoms with Gasteiger partial charge in [-0.25, -0.2) is 4.98 Å². The summed E-state index contributed by atoms with van der Waals surface area (Å²) >= 11 is 9.22. The Kier molecular flexibility index (Phi) is 4.36. The van der Waals surface area contributed by atoms with Crippen LogP contribution in [0.1, 0.15) is 0 Å². The number of benzene rings is 1. The number of aromatic nitrogens is 4. The molecule has 3 aromatic rings. The third-order valence-corrected chi connectivity index (χ3v) is 5.41. The van der Waals surface area contributed by atoms with E-state index in [1.807, 2.05) is 12.1 Å². The maximum Gasteiger partial charge on any atom is 0.224 e. The summed E-state index contributed by atoms with van der Waals surface area (Å²) in [5.41, 5.74) is 1.96. The van der Waals surface area contributed by atoms with Gasteiger partial charge in [-0.2, -0.15) is 4.98 Å². The van der Waals surface area contributed by atoms with Crippen molar-refractivity contribution in [1.82, 2.24) is 19.9 Å². The molecule has 2 heterocycles. The second-order valence-corrected chi connectivity index (χ2v) is 9.54. The number of hydrogen-bond donors (Lipinski definition) is 1. The number of hydrogen-bond acceptors (Lipinski definition) is 6. The fourth-order valence-electron chi connectivity index (χ4n) is 2.23. The van der Waals surface area contributed by atoms with Gasteiger partial charge in [0.2, 0.25) is 5.28 Å². The molecule has 0 radical (unpaired) electrons. The molecule has 6 nitrogen and oxygen atoms in total. The molecule has 3 rings (SSSR count). The van der Waals surface area contributed by atoms with E-state index in [2.05, 4.69) is 41.2 Å². The maximum atomic E-state index is 12.8. The number of rotatable bonds is 3. The minimum absolute atomic E-state index is 0.119. The van der Waals surface area contributed by atoms with E-state index in [-0.39, 0.29) is 5.28 Å². The average molecular weight is 413 g/mol. The van der Waals surface area contributed by atoms with Crippen molar-refractivity contribution in [2.45, 2.75) is 0 Å². The van der Waals surface area contributed by atoms with Crippen LogP contribution in [-0.2, 0) is 4.57 Å². The lowest BCUT2D eigenvalue weighted by molar-refractivity contribution is 0.588. The number of nitrogens with zero attached hydrogens (tertiary/aromatic N) is 4. The van der Waals surface area contributed by atoms with Crippen LogP contribution in [0.3, 0.4) is 0 Å². The minimum atomic E-state index is -2.62. The van der Waals surface area contributed by atoms with E-state index < -0.39 is 7.14 Å². The van der Waals surface area contributed by atoms with E-state index in [1.165, 1.54) is 0 Å². The lowest BCUT2D eigenvalue weighted by Gasteiger charge is -2.17. The van der Waals surface area contributed by atoms with Gasteiger partial charge in [-0.15, -0.1) is 0 Å². The molecule has 1 N–H and O–H groups in total. The molecule has 0 fully saturated rings. The highest BCUT2D eigenvalue weighted by Gasteiger charge is 2.22. The topological polar surface area (TPSA) is 80.7 Å². The van der Waals surface area contributed by atoms with Crippen LogP contribution in [0, 0.1) is 0 Å². The molecule has 0 aliphatic rings. The smallest absolute Gasteiger partial charge is 0.224 e. The van der Waals surface area contributed by atoms with Crippen molar-refractivity contribution in [3.63, 3.8) is 0 Å². The van der Waals surface area contributed by atoms with Gasteiger partial charge in [0.15, 0.2) is 0 Å². The first-order valence-electron chi connectivity index (χ1n) is 6.60. The summed E-state index contributed by atoms with van der Waals surface area (Å²) < 4.78 is 13.5. The first kappa shape index (κ1) is 16.3. The Balaban J connectivity index is 2.21. The SMILES string of the molecule is CP(C)(=O)c1c(Nc2nc(Cl)ncc2Br)ccc2nccnc12. The van der Waals surface area contributed by atoms with E-state index in [1.54, 1.807) is 31.9 Å². The van der Waals surface area contributed by atoms with Crippen molar-refractivity contribution in [1.29, 1.82) is 0 Å². The predicted molar refractivity (Wildman–Crippen MR) is 96.7 cm³/mol. The quantitative estimate of drug-likeness (QED) is 0.520. The minimum Gasteiger partial charge on any atom is -0.338 e. The molecular formula is C14H12BrClN5OP. The van der Waals surface area contributed by atoms with Gasteiger partial charge in [0.05, 0.1) is 21.0 Å². The second kappa shape index (κ2) is 6.15. The first-order chi connectivity index (χ1) is 10.9.